The quantitative estimate of drug-likeness (QED) is 0.591. The van der Waals surface area contributed by atoms with Gasteiger partial charge in [0.25, 0.3) is 0 Å². The Labute approximate surface area is 128 Å². The van der Waals surface area contributed by atoms with Crippen molar-refractivity contribution in [2.45, 2.75) is 44.3 Å². The molecule has 0 aliphatic carbocycles. The second-order valence-electron chi connectivity index (χ2n) is 5.15. The number of hydrogen-bond donors (Lipinski definition) is 3. The van der Waals surface area contributed by atoms with Crippen LogP contribution in [0.2, 0.25) is 0 Å². The lowest BCUT2D eigenvalue weighted by Crippen LogP contribution is -2.53. The molecule has 1 aliphatic heterocycles. The largest absolute Gasteiger partial charge is 0.480 e. The number of nitrogens with one attached hydrogen (secondary N) is 1. The van der Waals surface area contributed by atoms with Gasteiger partial charge in [0.15, 0.2) is 0 Å². The second kappa shape index (κ2) is 8.23. The Morgan fingerprint density at radius 3 is 2.71 bits per heavy atom. The predicted octanol–water partition coefficient (Wildman–Crippen LogP) is -0.353. The molecule has 1 heterocycles. The average Bonchev–Trinajstić information content (AvgIpc) is 2.93. The summed E-state index contributed by atoms with van der Waals surface area (Å²) in [6.07, 6.45) is 3.58. The summed E-state index contributed by atoms with van der Waals surface area (Å²) in [5.41, 5.74) is 5.74. The van der Waals surface area contributed by atoms with Crippen molar-refractivity contribution in [3.63, 3.8) is 0 Å². The molecule has 8 heteroatoms. The molecule has 0 radical (unpaired) electrons. The van der Waals surface area contributed by atoms with Crippen molar-refractivity contribution >= 4 is 29.5 Å². The molecule has 1 fully saturated rings. The van der Waals surface area contributed by atoms with Crippen molar-refractivity contribution in [1.29, 1.82) is 0 Å². The number of carboxylic acid groups (broad SMARTS) is 1. The van der Waals surface area contributed by atoms with Crippen LogP contribution in [0.15, 0.2) is 0 Å². The monoisotopic (exact) mass is 317 g/mol. The molecule has 0 saturated carbocycles. The first-order valence-electron chi connectivity index (χ1n) is 6.96. The summed E-state index contributed by atoms with van der Waals surface area (Å²) in [4.78, 5) is 36.5. The van der Waals surface area contributed by atoms with E-state index in [0.717, 1.165) is 5.75 Å². The first-order chi connectivity index (χ1) is 9.88. The molecule has 120 valence electrons. The van der Waals surface area contributed by atoms with E-state index >= 15 is 0 Å². The molecule has 0 aromatic rings. The Morgan fingerprint density at radius 2 is 2.14 bits per heavy atom. The van der Waals surface area contributed by atoms with Crippen LogP contribution in [0.1, 0.15) is 26.2 Å². The topological polar surface area (TPSA) is 113 Å². The minimum atomic E-state index is -1.00. The van der Waals surface area contributed by atoms with Gasteiger partial charge in [-0.05, 0) is 38.2 Å². The van der Waals surface area contributed by atoms with Gasteiger partial charge in [0, 0.05) is 6.54 Å². The fourth-order valence-electron chi connectivity index (χ4n) is 2.29. The first-order valence-corrected chi connectivity index (χ1v) is 8.36. The number of carboxylic acids is 1. The highest BCUT2D eigenvalue weighted by atomic mass is 32.2. The van der Waals surface area contributed by atoms with Crippen molar-refractivity contribution in [2.75, 3.05) is 18.6 Å². The number of hydrogen-bond acceptors (Lipinski definition) is 5. The van der Waals surface area contributed by atoms with Gasteiger partial charge in [-0.15, -0.1) is 0 Å². The summed E-state index contributed by atoms with van der Waals surface area (Å²) in [6, 6.07) is -2.21. The van der Waals surface area contributed by atoms with E-state index < -0.39 is 24.1 Å². The molecule has 0 aromatic carbocycles. The number of nitrogens with two attached hydrogens (primary N) is 1. The van der Waals surface area contributed by atoms with E-state index in [9.17, 15) is 14.4 Å². The summed E-state index contributed by atoms with van der Waals surface area (Å²) < 4.78 is 0. The molecule has 3 atom stereocenters. The third kappa shape index (κ3) is 4.89. The molecule has 1 saturated heterocycles. The maximum Gasteiger partial charge on any atom is 0.326 e. The van der Waals surface area contributed by atoms with E-state index in [-0.39, 0.29) is 11.8 Å². The Kier molecular flexibility index (Phi) is 6.97. The SMILES string of the molecule is CSCCC(N)C(=O)NC(C)C(=O)N1CCCC1C(=O)O. The Morgan fingerprint density at radius 1 is 1.48 bits per heavy atom. The fourth-order valence-corrected chi connectivity index (χ4v) is 2.78. The van der Waals surface area contributed by atoms with E-state index in [1.165, 1.54) is 4.90 Å². The van der Waals surface area contributed by atoms with Crippen molar-refractivity contribution in [2.24, 2.45) is 5.73 Å². The van der Waals surface area contributed by atoms with E-state index in [2.05, 4.69) is 5.32 Å². The number of aliphatic carboxylic acids is 1. The van der Waals surface area contributed by atoms with Crippen LogP contribution < -0.4 is 11.1 Å². The molecule has 1 rings (SSSR count). The van der Waals surface area contributed by atoms with Gasteiger partial charge in [-0.1, -0.05) is 0 Å². The van der Waals surface area contributed by atoms with Crippen LogP contribution in [0.25, 0.3) is 0 Å². The van der Waals surface area contributed by atoms with Gasteiger partial charge in [-0.25, -0.2) is 4.79 Å². The van der Waals surface area contributed by atoms with Crippen LogP contribution in [-0.4, -0.2) is 64.5 Å². The van der Waals surface area contributed by atoms with Gasteiger partial charge in [-0.2, -0.15) is 11.8 Å². The zero-order valence-electron chi connectivity index (χ0n) is 12.4. The van der Waals surface area contributed by atoms with E-state index in [0.29, 0.717) is 25.8 Å². The highest BCUT2D eigenvalue weighted by Gasteiger charge is 2.36. The number of carbonyl (C=O) groups excluding carboxylic acids is 2. The smallest absolute Gasteiger partial charge is 0.326 e. The number of thioether (sulfide) groups is 1. The normalized spacial score (nSPS) is 20.9. The lowest BCUT2D eigenvalue weighted by Gasteiger charge is -2.26. The molecular weight excluding hydrogens is 294 g/mol. The Balaban J connectivity index is 2.54. The van der Waals surface area contributed by atoms with E-state index in [1.54, 1.807) is 18.7 Å². The Hall–Kier alpha value is -1.28. The van der Waals surface area contributed by atoms with Crippen LogP contribution in [0.5, 0.6) is 0 Å². The lowest BCUT2D eigenvalue weighted by atomic mass is 10.2. The maximum absolute atomic E-state index is 12.2. The van der Waals surface area contributed by atoms with Crippen LogP contribution in [-0.2, 0) is 14.4 Å². The van der Waals surface area contributed by atoms with Gasteiger partial charge >= 0.3 is 5.97 Å². The van der Waals surface area contributed by atoms with Crippen molar-refractivity contribution < 1.29 is 19.5 Å². The van der Waals surface area contributed by atoms with Gasteiger partial charge in [-0.3, -0.25) is 9.59 Å². The van der Waals surface area contributed by atoms with Gasteiger partial charge < -0.3 is 21.1 Å². The van der Waals surface area contributed by atoms with Crippen LogP contribution >= 0.6 is 11.8 Å². The maximum atomic E-state index is 12.2. The summed E-state index contributed by atoms with van der Waals surface area (Å²) in [5.74, 6) is -0.984. The zero-order valence-corrected chi connectivity index (χ0v) is 13.2. The molecular formula is C13H23N3O4S. The fraction of sp³-hybridized carbons (Fsp3) is 0.769. The highest BCUT2D eigenvalue weighted by Crippen LogP contribution is 2.18. The number of carbonyl (C=O) groups is 3. The Bertz CT molecular complexity index is 405. The highest BCUT2D eigenvalue weighted by molar-refractivity contribution is 7.98. The van der Waals surface area contributed by atoms with Gasteiger partial charge in [0.2, 0.25) is 11.8 Å². The lowest BCUT2D eigenvalue weighted by molar-refractivity contribution is -0.149. The van der Waals surface area contributed by atoms with E-state index in [4.69, 9.17) is 10.8 Å². The number of amides is 2. The van der Waals surface area contributed by atoms with Crippen molar-refractivity contribution in [1.82, 2.24) is 10.2 Å². The molecule has 0 bridgehead atoms. The van der Waals surface area contributed by atoms with Gasteiger partial charge in [0.1, 0.15) is 12.1 Å². The van der Waals surface area contributed by atoms with Crippen molar-refractivity contribution in [3.05, 3.63) is 0 Å². The van der Waals surface area contributed by atoms with Crippen LogP contribution in [0.4, 0.5) is 0 Å². The number of rotatable bonds is 7. The van der Waals surface area contributed by atoms with E-state index in [1.807, 2.05) is 6.26 Å². The molecule has 7 nitrogen and oxygen atoms in total. The average molecular weight is 317 g/mol. The minimum Gasteiger partial charge on any atom is -0.480 e. The molecule has 1 aliphatic rings. The number of likely N-dealkylation sites (tertiary alicyclic amines) is 1. The molecule has 0 aromatic heterocycles. The molecule has 4 N–H and O–H groups in total. The third-order valence-electron chi connectivity index (χ3n) is 3.52. The summed E-state index contributed by atoms with van der Waals surface area (Å²) in [5, 5.41) is 11.6. The summed E-state index contributed by atoms with van der Waals surface area (Å²) in [6.45, 7) is 1.97. The van der Waals surface area contributed by atoms with Crippen molar-refractivity contribution in [3.8, 4) is 0 Å². The van der Waals surface area contributed by atoms with Gasteiger partial charge in [0.05, 0.1) is 6.04 Å². The standard InChI is InChI=1S/C13H23N3O4S/c1-8(15-11(17)9(14)5-7-21-2)12(18)16-6-3-4-10(16)13(19)20/h8-10H,3-7,14H2,1-2H3,(H,15,17)(H,19,20). The predicted molar refractivity (Wildman–Crippen MR) is 80.9 cm³/mol. The van der Waals surface area contributed by atoms with Crippen LogP contribution in [0, 0.1) is 0 Å². The molecule has 0 spiro atoms. The first kappa shape index (κ1) is 17.8. The zero-order chi connectivity index (χ0) is 16.0. The molecule has 3 unspecified atom stereocenters. The van der Waals surface area contributed by atoms with Crippen LogP contribution in [0.3, 0.4) is 0 Å². The number of nitrogens with zero attached hydrogens (tertiary/aromatic N) is 1. The second-order valence-corrected chi connectivity index (χ2v) is 6.13. The summed E-state index contributed by atoms with van der Waals surface area (Å²) in [7, 11) is 0. The third-order valence-corrected chi connectivity index (χ3v) is 4.16. The summed E-state index contributed by atoms with van der Waals surface area (Å²) >= 11 is 1.60. The minimum absolute atomic E-state index is 0.370. The molecule has 2 amide bonds. The molecule has 21 heavy (non-hydrogen) atoms.